The summed E-state index contributed by atoms with van der Waals surface area (Å²) in [6.45, 7) is 6.06. The summed E-state index contributed by atoms with van der Waals surface area (Å²) in [5.41, 5.74) is 1.17. The first-order valence-electron chi connectivity index (χ1n) is 5.30. The van der Waals surface area contributed by atoms with Crippen molar-refractivity contribution in [3.05, 3.63) is 12.2 Å². The van der Waals surface area contributed by atoms with E-state index < -0.39 is 0 Å². The van der Waals surface area contributed by atoms with E-state index in [1.807, 2.05) is 0 Å². The quantitative estimate of drug-likeness (QED) is 0.492. The zero-order valence-electron chi connectivity index (χ0n) is 8.29. The van der Waals surface area contributed by atoms with Crippen LogP contribution in [0.3, 0.4) is 0 Å². The molecule has 2 heteroatoms. The number of hydrogen-bond acceptors (Lipinski definition) is 2. The van der Waals surface area contributed by atoms with E-state index in [0.717, 1.165) is 6.42 Å². The smallest absolute Gasteiger partial charge is 0.189 e. The Morgan fingerprint density at radius 1 is 1.46 bits per heavy atom. The monoisotopic (exact) mass is 182 g/mol. The summed E-state index contributed by atoms with van der Waals surface area (Å²) in [5.74, 6) is 0. The minimum absolute atomic E-state index is 0.0375. The fraction of sp³-hybridized carbons (Fsp3) is 0.818. The molecule has 0 aromatic heterocycles. The van der Waals surface area contributed by atoms with Crippen LogP contribution in [0.5, 0.6) is 0 Å². The van der Waals surface area contributed by atoms with E-state index in [2.05, 4.69) is 13.5 Å². The second kappa shape index (κ2) is 3.81. The molecule has 2 unspecified atom stereocenters. The molecule has 1 saturated heterocycles. The van der Waals surface area contributed by atoms with Gasteiger partial charge in [-0.25, -0.2) is 0 Å². The highest BCUT2D eigenvalue weighted by molar-refractivity contribution is 5.09. The Balaban J connectivity index is 1.71. The lowest BCUT2D eigenvalue weighted by molar-refractivity contribution is -0.00701. The van der Waals surface area contributed by atoms with E-state index >= 15 is 0 Å². The van der Waals surface area contributed by atoms with Crippen LogP contribution in [0.1, 0.15) is 39.0 Å². The van der Waals surface area contributed by atoms with Crippen molar-refractivity contribution in [1.82, 2.24) is 0 Å². The van der Waals surface area contributed by atoms with Crippen molar-refractivity contribution in [1.29, 1.82) is 0 Å². The molecule has 2 atom stereocenters. The molecular weight excluding hydrogens is 164 g/mol. The molecule has 1 aliphatic carbocycles. The van der Waals surface area contributed by atoms with Gasteiger partial charge in [0.2, 0.25) is 0 Å². The van der Waals surface area contributed by atoms with Crippen LogP contribution >= 0.6 is 0 Å². The number of epoxide rings is 1. The lowest BCUT2D eigenvalue weighted by Crippen LogP contribution is -2.12. The topological polar surface area (TPSA) is 21.8 Å². The van der Waals surface area contributed by atoms with E-state index in [-0.39, 0.29) is 12.4 Å². The first-order chi connectivity index (χ1) is 6.31. The van der Waals surface area contributed by atoms with Crippen molar-refractivity contribution in [3.63, 3.8) is 0 Å². The predicted molar refractivity (Wildman–Crippen MR) is 51.4 cm³/mol. The summed E-state index contributed by atoms with van der Waals surface area (Å²) in [4.78, 5) is 0. The summed E-state index contributed by atoms with van der Waals surface area (Å²) in [6.07, 6.45) is 6.75. The first-order valence-corrected chi connectivity index (χ1v) is 5.30. The molecule has 0 bridgehead atoms. The van der Waals surface area contributed by atoms with Crippen LogP contribution in [0.15, 0.2) is 12.2 Å². The number of hydrogen-bond donors (Lipinski definition) is 0. The summed E-state index contributed by atoms with van der Waals surface area (Å²) in [5, 5.41) is 0. The third-order valence-electron chi connectivity index (χ3n) is 2.94. The van der Waals surface area contributed by atoms with Gasteiger partial charge in [-0.1, -0.05) is 26.3 Å². The van der Waals surface area contributed by atoms with Gasteiger partial charge in [-0.3, -0.25) is 0 Å². The molecule has 2 nitrogen and oxygen atoms in total. The van der Waals surface area contributed by atoms with Gasteiger partial charge >= 0.3 is 0 Å². The molecule has 1 saturated carbocycles. The van der Waals surface area contributed by atoms with Crippen LogP contribution in [-0.4, -0.2) is 18.5 Å². The van der Waals surface area contributed by atoms with Crippen molar-refractivity contribution in [3.8, 4) is 0 Å². The maximum Gasteiger partial charge on any atom is 0.189 e. The van der Waals surface area contributed by atoms with Gasteiger partial charge in [0, 0.05) is 0 Å². The highest BCUT2D eigenvalue weighted by Gasteiger charge is 2.43. The highest BCUT2D eigenvalue weighted by Crippen LogP contribution is 2.34. The van der Waals surface area contributed by atoms with E-state index in [0.29, 0.717) is 6.10 Å². The molecule has 0 aromatic carbocycles. The van der Waals surface area contributed by atoms with Crippen molar-refractivity contribution in [2.24, 2.45) is 0 Å². The first kappa shape index (κ1) is 9.22. The highest BCUT2D eigenvalue weighted by atomic mass is 16.8. The fourth-order valence-corrected chi connectivity index (χ4v) is 1.91. The molecule has 2 fully saturated rings. The minimum Gasteiger partial charge on any atom is -0.346 e. The Bertz CT molecular complexity index is 194. The maximum atomic E-state index is 5.77. The molecular formula is C11H18O2. The normalized spacial score (nSPS) is 33.6. The molecule has 0 N–H and O–H groups in total. The van der Waals surface area contributed by atoms with Crippen molar-refractivity contribution in [2.45, 2.75) is 57.5 Å². The average molecular weight is 182 g/mol. The van der Waals surface area contributed by atoms with Crippen molar-refractivity contribution < 1.29 is 9.47 Å². The molecule has 0 spiro atoms. The summed E-state index contributed by atoms with van der Waals surface area (Å²) >= 11 is 0. The third-order valence-corrected chi connectivity index (χ3v) is 2.94. The Morgan fingerprint density at radius 3 is 2.77 bits per heavy atom. The van der Waals surface area contributed by atoms with Crippen molar-refractivity contribution >= 4 is 0 Å². The summed E-state index contributed by atoms with van der Waals surface area (Å²) in [6, 6.07) is 0. The molecule has 13 heavy (non-hydrogen) atoms. The summed E-state index contributed by atoms with van der Waals surface area (Å²) in [7, 11) is 0. The van der Waals surface area contributed by atoms with Gasteiger partial charge in [-0.2, -0.15) is 0 Å². The molecule has 0 amide bonds. The maximum absolute atomic E-state index is 5.77. The Labute approximate surface area is 79.9 Å². The van der Waals surface area contributed by atoms with Crippen LogP contribution in [0.25, 0.3) is 0 Å². The van der Waals surface area contributed by atoms with Crippen molar-refractivity contribution in [2.75, 3.05) is 0 Å². The van der Waals surface area contributed by atoms with Crippen LogP contribution in [0.4, 0.5) is 0 Å². The Morgan fingerprint density at radius 2 is 2.15 bits per heavy atom. The second-order valence-corrected chi connectivity index (χ2v) is 3.98. The SMILES string of the molecule is C=C(CC)C1OC1OC1CCCC1. The molecule has 2 aliphatic rings. The fourth-order valence-electron chi connectivity index (χ4n) is 1.91. The van der Waals surface area contributed by atoms with E-state index in [1.165, 1.54) is 31.3 Å². The second-order valence-electron chi connectivity index (χ2n) is 3.98. The zero-order valence-corrected chi connectivity index (χ0v) is 8.29. The van der Waals surface area contributed by atoms with Gasteiger partial charge < -0.3 is 9.47 Å². The molecule has 1 aliphatic heterocycles. The van der Waals surface area contributed by atoms with Gasteiger partial charge in [-0.05, 0) is 24.8 Å². The van der Waals surface area contributed by atoms with Crippen LogP contribution in [-0.2, 0) is 9.47 Å². The Hall–Kier alpha value is -0.340. The van der Waals surface area contributed by atoms with Gasteiger partial charge in [0.25, 0.3) is 0 Å². The summed E-state index contributed by atoms with van der Waals surface area (Å²) < 4.78 is 11.2. The molecule has 2 rings (SSSR count). The lowest BCUT2D eigenvalue weighted by Gasteiger charge is -2.07. The van der Waals surface area contributed by atoms with E-state index in [9.17, 15) is 0 Å². The molecule has 74 valence electrons. The van der Waals surface area contributed by atoms with Crippen LogP contribution < -0.4 is 0 Å². The van der Waals surface area contributed by atoms with E-state index in [1.54, 1.807) is 0 Å². The standard InChI is InChI=1S/C11H18O2/c1-3-8(2)10-11(13-10)12-9-6-4-5-7-9/h9-11H,2-7H2,1H3. The number of rotatable bonds is 4. The van der Waals surface area contributed by atoms with E-state index in [4.69, 9.17) is 9.47 Å². The van der Waals surface area contributed by atoms with Crippen LogP contribution in [0, 0.1) is 0 Å². The third kappa shape index (κ3) is 2.12. The lowest BCUT2D eigenvalue weighted by atomic mass is 10.2. The largest absolute Gasteiger partial charge is 0.346 e. The van der Waals surface area contributed by atoms with Gasteiger partial charge in [0.15, 0.2) is 6.29 Å². The van der Waals surface area contributed by atoms with Gasteiger partial charge in [0.05, 0.1) is 6.10 Å². The zero-order chi connectivity index (χ0) is 9.26. The average Bonchev–Trinajstić information content (AvgIpc) is 2.69. The Kier molecular flexibility index (Phi) is 2.70. The molecule has 0 radical (unpaired) electrons. The number of ether oxygens (including phenoxy) is 2. The van der Waals surface area contributed by atoms with Gasteiger partial charge in [-0.15, -0.1) is 0 Å². The molecule has 0 aromatic rings. The predicted octanol–water partition coefficient (Wildman–Crippen LogP) is 2.64. The minimum atomic E-state index is 0.0375. The van der Waals surface area contributed by atoms with Gasteiger partial charge in [0.1, 0.15) is 6.10 Å². The van der Waals surface area contributed by atoms with Crippen LogP contribution in [0.2, 0.25) is 0 Å². The molecule has 1 heterocycles.